The molecule has 0 aliphatic carbocycles. The van der Waals surface area contributed by atoms with Crippen molar-refractivity contribution < 1.29 is 9.53 Å². The number of rotatable bonds is 9. The van der Waals surface area contributed by atoms with E-state index in [1.165, 1.54) is 0 Å². The Morgan fingerprint density at radius 3 is 2.74 bits per heavy atom. The van der Waals surface area contributed by atoms with Gasteiger partial charge in [0.05, 0.1) is 0 Å². The third kappa shape index (κ3) is 5.86. The van der Waals surface area contributed by atoms with Crippen molar-refractivity contribution in [2.45, 2.75) is 32.4 Å². The molecule has 1 N–H and O–H groups in total. The molecule has 0 unspecified atom stereocenters. The van der Waals surface area contributed by atoms with Gasteiger partial charge < -0.3 is 15.0 Å². The molecule has 2 aromatic rings. The molecule has 2 aromatic carbocycles. The lowest BCUT2D eigenvalue weighted by molar-refractivity contribution is -0.127. The number of likely N-dealkylation sites (tertiary alicyclic amines) is 1. The summed E-state index contributed by atoms with van der Waals surface area (Å²) in [4.78, 5) is 13.6. The van der Waals surface area contributed by atoms with E-state index in [0.717, 1.165) is 49.4 Å². The lowest BCUT2D eigenvalue weighted by Crippen LogP contribution is -2.28. The molecule has 1 fully saturated rings. The highest BCUT2D eigenvalue weighted by atomic mass is 35.5. The molecule has 144 valence electrons. The molecule has 0 aromatic heterocycles. The molecule has 0 bridgehead atoms. The number of halogens is 2. The number of hydrogen-bond acceptors (Lipinski definition) is 3. The van der Waals surface area contributed by atoms with Crippen molar-refractivity contribution in [3.05, 3.63) is 63.6 Å². The summed E-state index contributed by atoms with van der Waals surface area (Å²) < 4.78 is 5.98. The Kier molecular flexibility index (Phi) is 7.39. The Morgan fingerprint density at radius 2 is 1.96 bits per heavy atom. The second kappa shape index (κ2) is 9.98. The van der Waals surface area contributed by atoms with E-state index >= 15 is 0 Å². The lowest BCUT2D eigenvalue weighted by Gasteiger charge is -2.16. The molecule has 1 aliphatic heterocycles. The van der Waals surface area contributed by atoms with Gasteiger partial charge in [-0.1, -0.05) is 41.4 Å². The third-order valence-electron chi connectivity index (χ3n) is 4.63. The number of carbonyl (C=O) groups excluding carboxylic acids is 1. The fourth-order valence-electron chi connectivity index (χ4n) is 3.16. The summed E-state index contributed by atoms with van der Waals surface area (Å²) in [5, 5.41) is 4.79. The van der Waals surface area contributed by atoms with Gasteiger partial charge in [0, 0.05) is 47.2 Å². The van der Waals surface area contributed by atoms with Crippen molar-refractivity contribution >= 4 is 29.1 Å². The molecular formula is C21H24Cl2N2O2. The molecule has 1 saturated heterocycles. The summed E-state index contributed by atoms with van der Waals surface area (Å²) in [7, 11) is 0. The molecule has 4 nitrogen and oxygen atoms in total. The summed E-state index contributed by atoms with van der Waals surface area (Å²) in [6.45, 7) is 3.61. The van der Waals surface area contributed by atoms with Crippen LogP contribution in [0, 0.1) is 0 Å². The molecule has 1 heterocycles. The molecule has 1 amide bonds. The Hall–Kier alpha value is -1.75. The predicted octanol–water partition coefficient (Wildman–Crippen LogP) is 4.67. The second-order valence-corrected chi connectivity index (χ2v) is 7.49. The van der Waals surface area contributed by atoms with Gasteiger partial charge in [0.2, 0.25) is 5.91 Å². The number of ether oxygens (including phenoxy) is 1. The van der Waals surface area contributed by atoms with Crippen molar-refractivity contribution in [3.63, 3.8) is 0 Å². The monoisotopic (exact) mass is 406 g/mol. The number of amides is 1. The molecule has 1 aliphatic rings. The minimum absolute atomic E-state index is 0.278. The first kappa shape index (κ1) is 20.0. The first-order valence-electron chi connectivity index (χ1n) is 9.26. The Bertz CT molecular complexity index is 783. The van der Waals surface area contributed by atoms with Gasteiger partial charge in [-0.3, -0.25) is 4.79 Å². The average Bonchev–Trinajstić information content (AvgIpc) is 3.07. The van der Waals surface area contributed by atoms with Crippen LogP contribution in [-0.2, 0) is 17.9 Å². The van der Waals surface area contributed by atoms with Gasteiger partial charge in [-0.15, -0.1) is 0 Å². The van der Waals surface area contributed by atoms with Gasteiger partial charge in [-0.2, -0.15) is 0 Å². The molecular weight excluding hydrogens is 383 g/mol. The summed E-state index contributed by atoms with van der Waals surface area (Å²) in [6.07, 6.45) is 2.62. The van der Waals surface area contributed by atoms with E-state index in [4.69, 9.17) is 27.9 Å². The van der Waals surface area contributed by atoms with Gasteiger partial charge in [-0.25, -0.2) is 0 Å². The van der Waals surface area contributed by atoms with E-state index in [9.17, 15) is 4.79 Å². The normalized spacial score (nSPS) is 14.0. The zero-order valence-electron chi connectivity index (χ0n) is 15.2. The maximum absolute atomic E-state index is 11.6. The van der Waals surface area contributed by atoms with E-state index in [0.29, 0.717) is 29.6 Å². The van der Waals surface area contributed by atoms with Crippen molar-refractivity contribution in [1.82, 2.24) is 10.2 Å². The number of carbonyl (C=O) groups is 1. The summed E-state index contributed by atoms with van der Waals surface area (Å²) in [5.41, 5.74) is 1.95. The van der Waals surface area contributed by atoms with Crippen LogP contribution in [0.4, 0.5) is 0 Å². The standard InChI is InChI=1S/C21H24Cl2N2O2/c22-18-8-9-20(27-15-16-5-1-2-6-19(16)23)17(13-18)14-24-10-4-12-25-11-3-7-21(25)26/h1-2,5-6,8-9,13,24H,3-4,7,10-12,14-15H2. The smallest absolute Gasteiger partial charge is 0.222 e. The molecule has 0 saturated carbocycles. The van der Waals surface area contributed by atoms with E-state index in [1.54, 1.807) is 0 Å². The van der Waals surface area contributed by atoms with Crippen LogP contribution < -0.4 is 10.1 Å². The highest BCUT2D eigenvalue weighted by Gasteiger charge is 2.18. The van der Waals surface area contributed by atoms with Crippen LogP contribution in [0.15, 0.2) is 42.5 Å². The van der Waals surface area contributed by atoms with Gasteiger partial charge in [0.15, 0.2) is 0 Å². The largest absolute Gasteiger partial charge is 0.489 e. The lowest BCUT2D eigenvalue weighted by atomic mass is 10.2. The highest BCUT2D eigenvalue weighted by Crippen LogP contribution is 2.25. The molecule has 6 heteroatoms. The minimum atomic E-state index is 0.278. The minimum Gasteiger partial charge on any atom is -0.489 e. The molecule has 0 spiro atoms. The fraction of sp³-hybridized carbons (Fsp3) is 0.381. The number of nitrogens with one attached hydrogen (secondary N) is 1. The summed E-state index contributed by atoms with van der Waals surface area (Å²) >= 11 is 12.3. The zero-order valence-corrected chi connectivity index (χ0v) is 16.7. The highest BCUT2D eigenvalue weighted by molar-refractivity contribution is 6.31. The molecule has 0 radical (unpaired) electrons. The van der Waals surface area contributed by atoms with Gasteiger partial charge in [-0.05, 0) is 43.7 Å². The average molecular weight is 407 g/mol. The van der Waals surface area contributed by atoms with Gasteiger partial charge in [0.25, 0.3) is 0 Å². The number of nitrogens with zero attached hydrogens (tertiary/aromatic N) is 1. The quantitative estimate of drug-likeness (QED) is 0.614. The maximum Gasteiger partial charge on any atom is 0.222 e. The van der Waals surface area contributed by atoms with Crippen molar-refractivity contribution in [2.75, 3.05) is 19.6 Å². The predicted molar refractivity (Wildman–Crippen MR) is 109 cm³/mol. The first-order valence-corrected chi connectivity index (χ1v) is 10.0. The summed E-state index contributed by atoms with van der Waals surface area (Å²) in [5.74, 6) is 1.07. The third-order valence-corrected chi connectivity index (χ3v) is 5.24. The van der Waals surface area contributed by atoms with Crippen LogP contribution in [0.5, 0.6) is 5.75 Å². The van der Waals surface area contributed by atoms with E-state index in [2.05, 4.69) is 5.32 Å². The van der Waals surface area contributed by atoms with Gasteiger partial charge in [0.1, 0.15) is 12.4 Å². The van der Waals surface area contributed by atoms with Crippen LogP contribution in [0.2, 0.25) is 10.0 Å². The Balaban J connectivity index is 1.49. The van der Waals surface area contributed by atoms with E-state index in [1.807, 2.05) is 47.4 Å². The van der Waals surface area contributed by atoms with Crippen LogP contribution in [-0.4, -0.2) is 30.4 Å². The van der Waals surface area contributed by atoms with Crippen LogP contribution >= 0.6 is 23.2 Å². The van der Waals surface area contributed by atoms with E-state index in [-0.39, 0.29) is 5.91 Å². The van der Waals surface area contributed by atoms with Crippen molar-refractivity contribution in [1.29, 1.82) is 0 Å². The fourth-order valence-corrected chi connectivity index (χ4v) is 3.54. The van der Waals surface area contributed by atoms with E-state index < -0.39 is 0 Å². The Labute approximate surface area is 170 Å². The SMILES string of the molecule is O=C1CCCN1CCCNCc1cc(Cl)ccc1OCc1ccccc1Cl. The molecule has 3 rings (SSSR count). The summed E-state index contributed by atoms with van der Waals surface area (Å²) in [6, 6.07) is 13.3. The Morgan fingerprint density at radius 1 is 1.11 bits per heavy atom. The van der Waals surface area contributed by atoms with Crippen LogP contribution in [0.1, 0.15) is 30.4 Å². The van der Waals surface area contributed by atoms with Crippen LogP contribution in [0.3, 0.4) is 0 Å². The second-order valence-electron chi connectivity index (χ2n) is 6.65. The maximum atomic E-state index is 11.6. The zero-order chi connectivity index (χ0) is 19.1. The number of benzene rings is 2. The van der Waals surface area contributed by atoms with Crippen molar-refractivity contribution in [2.24, 2.45) is 0 Å². The van der Waals surface area contributed by atoms with Crippen molar-refractivity contribution in [3.8, 4) is 5.75 Å². The van der Waals surface area contributed by atoms with Crippen LogP contribution in [0.25, 0.3) is 0 Å². The van der Waals surface area contributed by atoms with Gasteiger partial charge >= 0.3 is 0 Å². The molecule has 27 heavy (non-hydrogen) atoms. The molecule has 0 atom stereocenters. The first-order chi connectivity index (χ1) is 13.1. The topological polar surface area (TPSA) is 41.6 Å². The number of hydrogen-bond donors (Lipinski definition) is 1.